The predicted molar refractivity (Wildman–Crippen MR) is 79.1 cm³/mol. The van der Waals surface area contributed by atoms with Crippen LogP contribution >= 0.6 is 0 Å². The number of piperidine rings is 1. The number of sulfonamides is 1. The highest BCUT2D eigenvalue weighted by molar-refractivity contribution is 7.89. The van der Waals surface area contributed by atoms with Crippen LogP contribution in [0.2, 0.25) is 0 Å². The summed E-state index contributed by atoms with van der Waals surface area (Å²) < 4.78 is 26.7. The molecular weight excluding hydrogens is 278 g/mol. The van der Waals surface area contributed by atoms with E-state index in [0.717, 1.165) is 25.9 Å². The summed E-state index contributed by atoms with van der Waals surface area (Å²) in [4.78, 5) is 1.98. The van der Waals surface area contributed by atoms with Gasteiger partial charge in [0, 0.05) is 19.1 Å². The van der Waals surface area contributed by atoms with Gasteiger partial charge < -0.3 is 15.3 Å². The van der Waals surface area contributed by atoms with Gasteiger partial charge >= 0.3 is 0 Å². The van der Waals surface area contributed by atoms with Gasteiger partial charge in [-0.1, -0.05) is 0 Å². The molecule has 0 spiro atoms. The summed E-state index contributed by atoms with van der Waals surface area (Å²) in [7, 11) is 0.582. The number of aliphatic hydroxyl groups excluding tert-OH is 1. The van der Waals surface area contributed by atoms with Crippen molar-refractivity contribution < 1.29 is 13.5 Å². The van der Waals surface area contributed by atoms with E-state index in [0.29, 0.717) is 13.0 Å². The van der Waals surface area contributed by atoms with Crippen molar-refractivity contribution in [3.05, 3.63) is 0 Å². The number of β-amino-alcohol motifs (C(OH)–C–C–N with tert-alkyl or cyclic N) is 1. The Morgan fingerprint density at radius 2 is 2.15 bits per heavy atom. The van der Waals surface area contributed by atoms with Crippen LogP contribution < -0.4 is 5.32 Å². The summed E-state index contributed by atoms with van der Waals surface area (Å²) in [5.74, 6) is 0.405. The van der Waals surface area contributed by atoms with E-state index < -0.39 is 16.1 Å². The molecule has 0 saturated carbocycles. The first-order valence-electron chi connectivity index (χ1n) is 7.41. The van der Waals surface area contributed by atoms with Crippen LogP contribution in [0.5, 0.6) is 0 Å². The van der Waals surface area contributed by atoms with Gasteiger partial charge in [-0.3, -0.25) is 0 Å². The van der Waals surface area contributed by atoms with E-state index in [-0.39, 0.29) is 24.3 Å². The first-order valence-corrected chi connectivity index (χ1v) is 9.02. The standard InChI is InChI=1S/C13H27N3O3S/c1-15(2)8-12-6-13(17)9-16(12)20(18,19)10-11-4-3-5-14-7-11/h11-14,17H,3-10H2,1-2H3. The fourth-order valence-corrected chi connectivity index (χ4v) is 5.33. The lowest BCUT2D eigenvalue weighted by Gasteiger charge is -2.29. The minimum Gasteiger partial charge on any atom is -0.392 e. The maximum atomic E-state index is 12.6. The van der Waals surface area contributed by atoms with Crippen molar-refractivity contribution in [1.82, 2.24) is 14.5 Å². The van der Waals surface area contributed by atoms with E-state index >= 15 is 0 Å². The molecule has 0 bridgehead atoms. The molecule has 0 aromatic rings. The Labute approximate surface area is 122 Å². The van der Waals surface area contributed by atoms with Gasteiger partial charge in [0.1, 0.15) is 0 Å². The van der Waals surface area contributed by atoms with E-state index in [1.165, 1.54) is 4.31 Å². The van der Waals surface area contributed by atoms with E-state index in [2.05, 4.69) is 5.32 Å². The van der Waals surface area contributed by atoms with E-state index in [9.17, 15) is 13.5 Å². The molecule has 6 nitrogen and oxygen atoms in total. The van der Waals surface area contributed by atoms with Crippen molar-refractivity contribution in [2.45, 2.75) is 31.4 Å². The molecule has 2 fully saturated rings. The number of likely N-dealkylation sites (N-methyl/N-ethyl adjacent to an activating group) is 1. The number of hydrogen-bond donors (Lipinski definition) is 2. The predicted octanol–water partition coefficient (Wildman–Crippen LogP) is -0.687. The second-order valence-corrected chi connectivity index (χ2v) is 8.33. The minimum absolute atomic E-state index is 0.0958. The molecule has 2 saturated heterocycles. The Balaban J connectivity index is 2.02. The normalized spacial score (nSPS) is 32.9. The zero-order chi connectivity index (χ0) is 14.8. The molecule has 0 radical (unpaired) electrons. The molecule has 2 rings (SSSR count). The lowest BCUT2D eigenvalue weighted by Crippen LogP contribution is -2.45. The summed E-state index contributed by atoms with van der Waals surface area (Å²) >= 11 is 0. The van der Waals surface area contributed by atoms with Crippen LogP contribution in [0.15, 0.2) is 0 Å². The van der Waals surface area contributed by atoms with Crippen molar-refractivity contribution in [2.24, 2.45) is 5.92 Å². The quantitative estimate of drug-likeness (QED) is 0.704. The fourth-order valence-electron chi connectivity index (χ4n) is 3.25. The van der Waals surface area contributed by atoms with Crippen molar-refractivity contribution in [3.63, 3.8) is 0 Å². The molecule has 0 aromatic heterocycles. The Hall–Kier alpha value is -0.210. The van der Waals surface area contributed by atoms with Gasteiger partial charge in [0.15, 0.2) is 0 Å². The van der Waals surface area contributed by atoms with Gasteiger partial charge in [-0.15, -0.1) is 0 Å². The first kappa shape index (κ1) is 16.2. The van der Waals surface area contributed by atoms with Crippen LogP contribution in [0.4, 0.5) is 0 Å². The van der Waals surface area contributed by atoms with Crippen molar-refractivity contribution >= 4 is 10.0 Å². The molecule has 2 aliphatic rings. The lowest BCUT2D eigenvalue weighted by molar-refractivity contribution is 0.188. The number of aliphatic hydroxyl groups is 1. The molecule has 118 valence electrons. The first-order chi connectivity index (χ1) is 9.38. The summed E-state index contributed by atoms with van der Waals surface area (Å²) in [6, 6.07) is -0.0958. The van der Waals surface area contributed by atoms with E-state index in [4.69, 9.17) is 0 Å². The Morgan fingerprint density at radius 1 is 1.40 bits per heavy atom. The maximum absolute atomic E-state index is 12.6. The molecule has 0 aromatic carbocycles. The minimum atomic E-state index is -3.28. The number of hydrogen-bond acceptors (Lipinski definition) is 5. The molecule has 7 heteroatoms. The highest BCUT2D eigenvalue weighted by Crippen LogP contribution is 2.24. The highest BCUT2D eigenvalue weighted by Gasteiger charge is 2.39. The van der Waals surface area contributed by atoms with Crippen LogP contribution in [0.1, 0.15) is 19.3 Å². The van der Waals surface area contributed by atoms with Gasteiger partial charge in [0.25, 0.3) is 0 Å². The average Bonchev–Trinajstić information content (AvgIpc) is 2.71. The summed E-state index contributed by atoms with van der Waals surface area (Å²) in [6.07, 6.45) is 2.03. The van der Waals surface area contributed by atoms with Gasteiger partial charge in [-0.25, -0.2) is 8.42 Å². The Morgan fingerprint density at radius 3 is 2.75 bits per heavy atom. The monoisotopic (exact) mass is 305 g/mol. The molecule has 20 heavy (non-hydrogen) atoms. The third kappa shape index (κ3) is 4.14. The van der Waals surface area contributed by atoms with Gasteiger partial charge in [-0.2, -0.15) is 4.31 Å². The van der Waals surface area contributed by atoms with Crippen LogP contribution in [-0.2, 0) is 10.0 Å². The second-order valence-electron chi connectivity index (χ2n) is 6.37. The average molecular weight is 305 g/mol. The van der Waals surface area contributed by atoms with Crippen LogP contribution in [-0.4, -0.2) is 80.9 Å². The third-order valence-electron chi connectivity index (χ3n) is 4.12. The summed E-state index contributed by atoms with van der Waals surface area (Å²) in [5.41, 5.74) is 0. The number of nitrogens with one attached hydrogen (secondary N) is 1. The zero-order valence-corrected chi connectivity index (χ0v) is 13.3. The topological polar surface area (TPSA) is 72.9 Å². The SMILES string of the molecule is CN(C)CC1CC(O)CN1S(=O)(=O)CC1CCCNC1. The van der Waals surface area contributed by atoms with Crippen LogP contribution in [0.25, 0.3) is 0 Å². The second kappa shape index (κ2) is 6.70. The maximum Gasteiger partial charge on any atom is 0.214 e. The van der Waals surface area contributed by atoms with Gasteiger partial charge in [-0.05, 0) is 52.4 Å². The third-order valence-corrected chi connectivity index (χ3v) is 6.18. The molecule has 2 heterocycles. The molecule has 3 unspecified atom stereocenters. The van der Waals surface area contributed by atoms with Gasteiger partial charge in [0.2, 0.25) is 10.0 Å². The molecule has 2 aliphatic heterocycles. The zero-order valence-electron chi connectivity index (χ0n) is 12.5. The molecule has 3 atom stereocenters. The Bertz CT molecular complexity index is 407. The number of rotatable bonds is 5. The van der Waals surface area contributed by atoms with Crippen molar-refractivity contribution in [3.8, 4) is 0 Å². The van der Waals surface area contributed by atoms with Crippen LogP contribution in [0.3, 0.4) is 0 Å². The molecule has 0 aliphatic carbocycles. The highest BCUT2D eigenvalue weighted by atomic mass is 32.2. The smallest absolute Gasteiger partial charge is 0.214 e. The number of nitrogens with zero attached hydrogens (tertiary/aromatic N) is 2. The Kier molecular flexibility index (Phi) is 5.42. The van der Waals surface area contributed by atoms with E-state index in [1.54, 1.807) is 0 Å². The molecule has 0 amide bonds. The fraction of sp³-hybridized carbons (Fsp3) is 1.00. The largest absolute Gasteiger partial charge is 0.392 e. The van der Waals surface area contributed by atoms with Gasteiger partial charge in [0.05, 0.1) is 11.9 Å². The van der Waals surface area contributed by atoms with E-state index in [1.807, 2.05) is 19.0 Å². The van der Waals surface area contributed by atoms with Crippen LogP contribution in [0, 0.1) is 5.92 Å². The molecule has 2 N–H and O–H groups in total. The van der Waals surface area contributed by atoms with Crippen molar-refractivity contribution in [1.29, 1.82) is 0 Å². The summed E-state index contributed by atoms with van der Waals surface area (Å²) in [5, 5.41) is 13.1. The lowest BCUT2D eigenvalue weighted by atomic mass is 10.0. The van der Waals surface area contributed by atoms with Crippen molar-refractivity contribution in [2.75, 3.05) is 46.0 Å². The summed E-state index contributed by atoms with van der Waals surface area (Å²) in [6.45, 7) is 2.69. The molecular formula is C13H27N3O3S.